The number of hydrogen-bond donors (Lipinski definition) is 1. The van der Waals surface area contributed by atoms with Gasteiger partial charge in [-0.05, 0) is 27.6 Å². The lowest BCUT2D eigenvalue weighted by Crippen LogP contribution is -2.00. The summed E-state index contributed by atoms with van der Waals surface area (Å²) in [5.41, 5.74) is 6.31. The topological polar surface area (TPSA) is 38.9 Å². The molecule has 0 aliphatic carbocycles. The smallest absolute Gasteiger partial charge is 0.280 e. The van der Waals surface area contributed by atoms with Gasteiger partial charge in [0.05, 0.1) is 5.69 Å². The lowest BCUT2D eigenvalue weighted by Gasteiger charge is -2.06. The highest BCUT2D eigenvalue weighted by atomic mass is 79.9. The maximum absolute atomic E-state index is 12.3. The van der Waals surface area contributed by atoms with Gasteiger partial charge in [0.2, 0.25) is 0 Å². The first kappa shape index (κ1) is 10.8. The van der Waals surface area contributed by atoms with Crippen molar-refractivity contribution in [2.75, 3.05) is 5.73 Å². The van der Waals surface area contributed by atoms with Gasteiger partial charge in [-0.25, -0.2) is 13.8 Å². The highest BCUT2D eigenvalue weighted by Gasteiger charge is 2.13. The molecular formula is C7H6Br2F2N2. The van der Waals surface area contributed by atoms with Gasteiger partial charge in [0.1, 0.15) is 10.3 Å². The monoisotopic (exact) mass is 314 g/mol. The van der Waals surface area contributed by atoms with Crippen LogP contribution in [0.4, 0.5) is 14.5 Å². The van der Waals surface area contributed by atoms with Crippen LogP contribution in [-0.2, 0) is 5.33 Å². The highest BCUT2D eigenvalue weighted by molar-refractivity contribution is 9.10. The Labute approximate surface area is 90.8 Å². The van der Waals surface area contributed by atoms with Crippen LogP contribution >= 0.6 is 31.9 Å². The van der Waals surface area contributed by atoms with Gasteiger partial charge in [0.25, 0.3) is 6.43 Å². The van der Waals surface area contributed by atoms with Crippen molar-refractivity contribution in [3.8, 4) is 0 Å². The van der Waals surface area contributed by atoms with Gasteiger partial charge < -0.3 is 5.73 Å². The number of rotatable bonds is 2. The van der Waals surface area contributed by atoms with Crippen LogP contribution in [0.15, 0.2) is 10.7 Å². The number of nitrogen functional groups attached to an aromatic ring is 1. The number of aromatic nitrogens is 1. The molecule has 0 aromatic carbocycles. The van der Waals surface area contributed by atoms with E-state index in [0.29, 0.717) is 16.6 Å². The fourth-order valence-electron chi connectivity index (χ4n) is 0.817. The zero-order valence-electron chi connectivity index (χ0n) is 6.40. The number of nitrogens with two attached hydrogens (primary N) is 1. The molecule has 1 aromatic rings. The molecule has 0 spiro atoms. The molecule has 72 valence electrons. The molecule has 6 heteroatoms. The van der Waals surface area contributed by atoms with Crippen molar-refractivity contribution in [1.82, 2.24) is 4.98 Å². The third-order valence-electron chi connectivity index (χ3n) is 1.49. The Bertz CT molecular complexity index is 318. The first-order valence-corrected chi connectivity index (χ1v) is 5.26. The van der Waals surface area contributed by atoms with Gasteiger partial charge >= 0.3 is 0 Å². The van der Waals surface area contributed by atoms with Gasteiger partial charge in [-0.2, -0.15) is 0 Å². The van der Waals surface area contributed by atoms with E-state index in [1.807, 2.05) is 0 Å². The normalized spacial score (nSPS) is 10.8. The summed E-state index contributed by atoms with van der Waals surface area (Å²) < 4.78 is 24.8. The van der Waals surface area contributed by atoms with Gasteiger partial charge in [-0.15, -0.1) is 0 Å². The molecule has 0 aliphatic heterocycles. The first-order chi connectivity index (χ1) is 6.06. The minimum absolute atomic E-state index is 0.264. The number of alkyl halides is 3. The Morgan fingerprint density at radius 2 is 2.15 bits per heavy atom. The zero-order chi connectivity index (χ0) is 10.0. The summed E-state index contributed by atoms with van der Waals surface area (Å²) in [6.45, 7) is 0. The second-order valence-electron chi connectivity index (χ2n) is 2.35. The molecule has 0 unspecified atom stereocenters. The van der Waals surface area contributed by atoms with Crippen LogP contribution in [0.25, 0.3) is 0 Å². The van der Waals surface area contributed by atoms with Crippen LogP contribution in [0.5, 0.6) is 0 Å². The molecule has 13 heavy (non-hydrogen) atoms. The van der Waals surface area contributed by atoms with Crippen molar-refractivity contribution in [2.45, 2.75) is 11.8 Å². The molecule has 0 aliphatic rings. The van der Waals surface area contributed by atoms with Gasteiger partial charge in [-0.1, -0.05) is 15.9 Å². The van der Waals surface area contributed by atoms with E-state index in [9.17, 15) is 8.78 Å². The van der Waals surface area contributed by atoms with Crippen LogP contribution in [0.1, 0.15) is 17.7 Å². The lowest BCUT2D eigenvalue weighted by atomic mass is 10.2. The second kappa shape index (κ2) is 4.32. The van der Waals surface area contributed by atoms with Crippen molar-refractivity contribution in [1.29, 1.82) is 0 Å². The van der Waals surface area contributed by atoms with Crippen molar-refractivity contribution < 1.29 is 8.78 Å². The van der Waals surface area contributed by atoms with Crippen LogP contribution in [0.3, 0.4) is 0 Å². The number of halogens is 4. The van der Waals surface area contributed by atoms with E-state index >= 15 is 0 Å². The summed E-state index contributed by atoms with van der Waals surface area (Å²) in [6.07, 6.45) is -2.57. The standard InChI is InChI=1S/C7H6Br2F2N2/c8-2-3-1-4(7(10)11)13-6(9)5(3)12/h1,7H,2,12H2. The quantitative estimate of drug-likeness (QED) is 0.672. The summed E-state index contributed by atoms with van der Waals surface area (Å²) >= 11 is 6.17. The van der Waals surface area contributed by atoms with Gasteiger partial charge in [0, 0.05) is 5.33 Å². The van der Waals surface area contributed by atoms with E-state index in [2.05, 4.69) is 36.8 Å². The average molecular weight is 316 g/mol. The first-order valence-electron chi connectivity index (χ1n) is 3.35. The number of nitrogens with zero attached hydrogens (tertiary/aromatic N) is 1. The lowest BCUT2D eigenvalue weighted by molar-refractivity contribution is 0.146. The summed E-state index contributed by atoms with van der Waals surface area (Å²) in [5.74, 6) is 0. The number of pyridine rings is 1. The molecule has 0 radical (unpaired) electrons. The van der Waals surface area contributed by atoms with E-state index in [1.165, 1.54) is 6.07 Å². The Morgan fingerprint density at radius 3 is 2.62 bits per heavy atom. The van der Waals surface area contributed by atoms with E-state index in [0.717, 1.165) is 0 Å². The Balaban J connectivity index is 3.22. The van der Waals surface area contributed by atoms with Gasteiger partial charge in [-0.3, -0.25) is 0 Å². The molecular weight excluding hydrogens is 310 g/mol. The molecule has 0 saturated heterocycles. The van der Waals surface area contributed by atoms with Crippen LogP contribution in [0, 0.1) is 0 Å². The largest absolute Gasteiger partial charge is 0.396 e. The van der Waals surface area contributed by atoms with E-state index in [-0.39, 0.29) is 10.3 Å². The van der Waals surface area contributed by atoms with Crippen LogP contribution in [-0.4, -0.2) is 4.98 Å². The van der Waals surface area contributed by atoms with Crippen molar-refractivity contribution >= 4 is 37.5 Å². The fourth-order valence-corrected chi connectivity index (χ4v) is 1.74. The van der Waals surface area contributed by atoms with Crippen molar-refractivity contribution in [2.24, 2.45) is 0 Å². The summed E-state index contributed by atoms with van der Waals surface area (Å²) in [4.78, 5) is 3.60. The molecule has 0 atom stereocenters. The third kappa shape index (κ3) is 2.37. The summed E-state index contributed by atoms with van der Waals surface area (Å²) in [5, 5.41) is 0.430. The maximum Gasteiger partial charge on any atom is 0.280 e. The molecule has 2 nitrogen and oxygen atoms in total. The second-order valence-corrected chi connectivity index (χ2v) is 3.66. The fraction of sp³-hybridized carbons (Fsp3) is 0.286. The predicted molar refractivity (Wildman–Crippen MR) is 53.9 cm³/mol. The Morgan fingerprint density at radius 1 is 1.54 bits per heavy atom. The molecule has 0 amide bonds. The van der Waals surface area contributed by atoms with E-state index < -0.39 is 6.43 Å². The van der Waals surface area contributed by atoms with Crippen molar-refractivity contribution in [3.63, 3.8) is 0 Å². The number of anilines is 1. The third-order valence-corrected chi connectivity index (χ3v) is 2.69. The molecule has 1 heterocycles. The molecule has 0 bridgehead atoms. The van der Waals surface area contributed by atoms with Crippen molar-refractivity contribution in [3.05, 3.63) is 21.9 Å². The molecule has 0 saturated carbocycles. The van der Waals surface area contributed by atoms with E-state index in [4.69, 9.17) is 5.73 Å². The van der Waals surface area contributed by atoms with Gasteiger partial charge in [0.15, 0.2) is 0 Å². The molecule has 2 N–H and O–H groups in total. The van der Waals surface area contributed by atoms with Crippen LogP contribution in [0.2, 0.25) is 0 Å². The van der Waals surface area contributed by atoms with E-state index in [1.54, 1.807) is 0 Å². The predicted octanol–water partition coefficient (Wildman–Crippen LogP) is 3.26. The average Bonchev–Trinajstić information content (AvgIpc) is 2.09. The Kier molecular flexibility index (Phi) is 3.61. The summed E-state index contributed by atoms with van der Waals surface area (Å²) in [7, 11) is 0. The minimum atomic E-state index is -2.57. The maximum atomic E-state index is 12.3. The molecule has 1 rings (SSSR count). The zero-order valence-corrected chi connectivity index (χ0v) is 9.57. The minimum Gasteiger partial charge on any atom is -0.396 e. The highest BCUT2D eigenvalue weighted by Crippen LogP contribution is 2.28. The number of hydrogen-bond acceptors (Lipinski definition) is 2. The summed E-state index contributed by atoms with van der Waals surface area (Å²) in [6, 6.07) is 1.29. The Hall–Kier alpha value is -0.230. The molecule has 0 fully saturated rings. The SMILES string of the molecule is Nc1c(CBr)cc(C(F)F)nc1Br. The van der Waals surface area contributed by atoms with Crippen LogP contribution < -0.4 is 5.73 Å². The molecule has 1 aromatic heterocycles.